The molecule has 1 aromatic heterocycles. The van der Waals surface area contributed by atoms with E-state index in [1.54, 1.807) is 0 Å². The van der Waals surface area contributed by atoms with Crippen molar-refractivity contribution >= 4 is 15.9 Å². The fraction of sp³-hybridized carbons (Fsp3) is 0.357. The van der Waals surface area contributed by atoms with Crippen LogP contribution in [0.15, 0.2) is 34.9 Å². The molecule has 2 N–H and O–H groups in total. The van der Waals surface area contributed by atoms with Gasteiger partial charge in [-0.15, -0.1) is 0 Å². The molecule has 1 atom stereocenters. The summed E-state index contributed by atoms with van der Waals surface area (Å²) in [6.07, 6.45) is 5.64. The molecule has 2 aromatic rings. The van der Waals surface area contributed by atoms with Crippen LogP contribution >= 0.6 is 15.9 Å². The van der Waals surface area contributed by atoms with Gasteiger partial charge in [0.1, 0.15) is 5.82 Å². The Bertz CT molecular complexity index is 529. The molecule has 1 aromatic carbocycles. The van der Waals surface area contributed by atoms with Crippen LogP contribution in [0, 0.1) is 0 Å². The maximum Gasteiger partial charge on any atom is 0.123 e. The van der Waals surface area contributed by atoms with Gasteiger partial charge in [0.05, 0.1) is 17.9 Å². The molecular weight excluding hydrogens is 290 g/mol. The number of hydrogen-bond acceptors (Lipinski definition) is 2. The van der Waals surface area contributed by atoms with Gasteiger partial charge >= 0.3 is 0 Å². The fourth-order valence-electron chi connectivity index (χ4n) is 2.42. The Morgan fingerprint density at radius 2 is 2.11 bits per heavy atom. The highest BCUT2D eigenvalue weighted by Crippen LogP contribution is 2.28. The molecule has 3 nitrogen and oxygen atoms in total. The van der Waals surface area contributed by atoms with Crippen molar-refractivity contribution in [1.29, 1.82) is 0 Å². The third kappa shape index (κ3) is 2.35. The summed E-state index contributed by atoms with van der Waals surface area (Å²) < 4.78 is 1.09. The van der Waals surface area contributed by atoms with E-state index in [-0.39, 0.29) is 0 Å². The fourth-order valence-corrected chi connectivity index (χ4v) is 2.91. The molecule has 0 saturated carbocycles. The Morgan fingerprint density at radius 1 is 1.22 bits per heavy atom. The predicted molar refractivity (Wildman–Crippen MR) is 76.3 cm³/mol. The number of benzene rings is 1. The van der Waals surface area contributed by atoms with Gasteiger partial charge in [-0.2, -0.15) is 0 Å². The molecule has 0 radical (unpaired) electrons. The number of imidazole rings is 1. The van der Waals surface area contributed by atoms with Crippen molar-refractivity contribution in [2.24, 2.45) is 0 Å². The van der Waals surface area contributed by atoms with E-state index < -0.39 is 0 Å². The first kappa shape index (κ1) is 11.9. The molecule has 4 heteroatoms. The van der Waals surface area contributed by atoms with Crippen LogP contribution in [-0.4, -0.2) is 16.5 Å². The van der Waals surface area contributed by atoms with E-state index in [0.29, 0.717) is 6.04 Å². The number of nitrogens with one attached hydrogen (secondary N) is 2. The summed E-state index contributed by atoms with van der Waals surface area (Å²) in [5.74, 6) is 1.06. The second kappa shape index (κ2) is 5.24. The lowest BCUT2D eigenvalue weighted by Gasteiger charge is -2.21. The molecular formula is C14H16BrN3. The van der Waals surface area contributed by atoms with Gasteiger partial charge in [0.25, 0.3) is 0 Å². The summed E-state index contributed by atoms with van der Waals surface area (Å²) in [5.41, 5.74) is 2.23. The highest BCUT2D eigenvalue weighted by molar-refractivity contribution is 9.10. The number of halogens is 1. The monoisotopic (exact) mass is 305 g/mol. The van der Waals surface area contributed by atoms with Gasteiger partial charge in [-0.1, -0.05) is 40.5 Å². The Balaban J connectivity index is 1.87. The van der Waals surface area contributed by atoms with E-state index in [4.69, 9.17) is 0 Å². The largest absolute Gasteiger partial charge is 0.341 e. The van der Waals surface area contributed by atoms with Crippen LogP contribution in [-0.2, 0) is 0 Å². The highest BCUT2D eigenvalue weighted by atomic mass is 79.9. The zero-order valence-electron chi connectivity index (χ0n) is 10.1. The van der Waals surface area contributed by atoms with E-state index in [2.05, 4.69) is 43.3 Å². The van der Waals surface area contributed by atoms with Crippen LogP contribution in [0.25, 0.3) is 11.3 Å². The first-order valence-electron chi connectivity index (χ1n) is 6.38. The molecule has 1 fully saturated rings. The summed E-state index contributed by atoms with van der Waals surface area (Å²) in [6.45, 7) is 1.09. The van der Waals surface area contributed by atoms with Gasteiger partial charge in [0.2, 0.25) is 0 Å². The number of aromatic amines is 1. The minimum absolute atomic E-state index is 0.384. The first-order chi connectivity index (χ1) is 8.84. The van der Waals surface area contributed by atoms with Gasteiger partial charge in [-0.05, 0) is 25.5 Å². The lowest BCUT2D eigenvalue weighted by Crippen LogP contribution is -2.27. The van der Waals surface area contributed by atoms with E-state index in [1.807, 2.05) is 18.3 Å². The Hall–Kier alpha value is -1.13. The maximum absolute atomic E-state index is 4.52. The van der Waals surface area contributed by atoms with Crippen LogP contribution in [0.5, 0.6) is 0 Å². The van der Waals surface area contributed by atoms with E-state index in [1.165, 1.54) is 19.3 Å². The standard InChI is InChI=1S/C14H16BrN3/c15-11-6-2-1-5-10(11)13-9-17-14(18-13)12-7-3-4-8-16-12/h1-2,5-6,9,12,16H,3-4,7-8H2,(H,17,18). The quantitative estimate of drug-likeness (QED) is 0.889. The minimum atomic E-state index is 0.384. The zero-order chi connectivity index (χ0) is 12.4. The molecule has 0 spiro atoms. The molecule has 1 unspecified atom stereocenters. The third-order valence-corrected chi connectivity index (χ3v) is 4.09. The summed E-state index contributed by atoms with van der Waals surface area (Å²) in [7, 11) is 0. The van der Waals surface area contributed by atoms with Crippen LogP contribution in [0.2, 0.25) is 0 Å². The number of rotatable bonds is 2. The summed E-state index contributed by atoms with van der Waals surface area (Å²) >= 11 is 3.57. The van der Waals surface area contributed by atoms with Crippen molar-refractivity contribution in [2.75, 3.05) is 6.54 Å². The zero-order valence-corrected chi connectivity index (χ0v) is 11.7. The topological polar surface area (TPSA) is 40.7 Å². The van der Waals surface area contributed by atoms with Crippen LogP contribution in [0.4, 0.5) is 0 Å². The van der Waals surface area contributed by atoms with Crippen molar-refractivity contribution in [3.8, 4) is 11.3 Å². The SMILES string of the molecule is Brc1ccccc1-c1cnc(C2CCCCN2)[nH]1. The second-order valence-corrected chi connectivity index (χ2v) is 5.52. The average molecular weight is 306 g/mol. The number of hydrogen-bond donors (Lipinski definition) is 2. The minimum Gasteiger partial charge on any atom is -0.341 e. The lowest BCUT2D eigenvalue weighted by atomic mass is 10.0. The molecule has 0 aliphatic carbocycles. The molecule has 0 bridgehead atoms. The van der Waals surface area contributed by atoms with Crippen LogP contribution in [0.1, 0.15) is 31.1 Å². The maximum atomic E-state index is 4.52. The van der Waals surface area contributed by atoms with Gasteiger partial charge in [-0.25, -0.2) is 4.98 Å². The van der Waals surface area contributed by atoms with Crippen molar-refractivity contribution in [1.82, 2.24) is 15.3 Å². The lowest BCUT2D eigenvalue weighted by molar-refractivity contribution is 0.399. The van der Waals surface area contributed by atoms with Crippen LogP contribution in [0.3, 0.4) is 0 Å². The third-order valence-electron chi connectivity index (χ3n) is 3.40. The predicted octanol–water partition coefficient (Wildman–Crippen LogP) is 3.65. The van der Waals surface area contributed by atoms with Gasteiger partial charge < -0.3 is 10.3 Å². The number of piperidine rings is 1. The number of aromatic nitrogens is 2. The second-order valence-electron chi connectivity index (χ2n) is 4.66. The van der Waals surface area contributed by atoms with Crippen molar-refractivity contribution in [2.45, 2.75) is 25.3 Å². The summed E-state index contributed by atoms with van der Waals surface area (Å²) in [6, 6.07) is 8.59. The number of nitrogens with zero attached hydrogens (tertiary/aromatic N) is 1. The molecule has 1 saturated heterocycles. The van der Waals surface area contributed by atoms with E-state index in [9.17, 15) is 0 Å². The van der Waals surface area contributed by atoms with Gasteiger partial charge in [0.15, 0.2) is 0 Å². The Morgan fingerprint density at radius 3 is 2.89 bits per heavy atom. The highest BCUT2D eigenvalue weighted by Gasteiger charge is 2.18. The van der Waals surface area contributed by atoms with Crippen LogP contribution < -0.4 is 5.32 Å². The normalized spacial score (nSPS) is 19.9. The van der Waals surface area contributed by atoms with Gasteiger partial charge in [-0.3, -0.25) is 0 Å². The summed E-state index contributed by atoms with van der Waals surface area (Å²) in [4.78, 5) is 7.95. The molecule has 2 heterocycles. The van der Waals surface area contributed by atoms with Crippen molar-refractivity contribution in [3.05, 3.63) is 40.8 Å². The molecule has 94 valence electrons. The number of H-pyrrole nitrogens is 1. The molecule has 1 aliphatic rings. The molecule has 3 rings (SSSR count). The first-order valence-corrected chi connectivity index (χ1v) is 7.17. The Kier molecular flexibility index (Phi) is 3.48. The Labute approximate surface area is 115 Å². The van der Waals surface area contributed by atoms with Crippen molar-refractivity contribution < 1.29 is 0 Å². The smallest absolute Gasteiger partial charge is 0.123 e. The van der Waals surface area contributed by atoms with E-state index >= 15 is 0 Å². The van der Waals surface area contributed by atoms with E-state index in [0.717, 1.165) is 28.1 Å². The molecule has 1 aliphatic heterocycles. The molecule has 0 amide bonds. The average Bonchev–Trinajstić information content (AvgIpc) is 2.90. The van der Waals surface area contributed by atoms with Crippen molar-refractivity contribution in [3.63, 3.8) is 0 Å². The van der Waals surface area contributed by atoms with Gasteiger partial charge in [0, 0.05) is 10.0 Å². The summed E-state index contributed by atoms with van der Waals surface area (Å²) in [5, 5.41) is 3.51. The molecule has 18 heavy (non-hydrogen) atoms.